The molecule has 0 saturated carbocycles. The van der Waals surface area contributed by atoms with E-state index >= 15 is 0 Å². The molecule has 0 aliphatic rings. The maximum Gasteiger partial charge on any atom is 0.409 e. The van der Waals surface area contributed by atoms with Gasteiger partial charge in [-0.25, -0.2) is 4.79 Å². The molecule has 0 radical (unpaired) electrons. The van der Waals surface area contributed by atoms with E-state index in [9.17, 15) is 4.79 Å². The van der Waals surface area contributed by atoms with Gasteiger partial charge in [-0.2, -0.15) is 0 Å². The highest BCUT2D eigenvalue weighted by molar-refractivity contribution is 7.15. The van der Waals surface area contributed by atoms with Crippen LogP contribution in [0.15, 0.2) is 41.8 Å². The number of carbonyl (C=O) groups is 1. The molecule has 0 unspecified atom stereocenters. The highest BCUT2D eigenvalue weighted by atomic mass is 32.1. The summed E-state index contributed by atoms with van der Waals surface area (Å²) >= 11 is 1.38. The number of nitrogens with one attached hydrogen (secondary N) is 1. The molecule has 0 bridgehead atoms. The van der Waals surface area contributed by atoms with E-state index in [0.717, 1.165) is 11.1 Å². The van der Waals surface area contributed by atoms with Crippen LogP contribution in [0.25, 0.3) is 11.1 Å². The standard InChI is InChI=1S/C11H9NO2S/c13-11(14)12-10-9(6-7-15-10)8-4-2-1-3-5-8/h1-7,12H,(H,13,14). The SMILES string of the molecule is O=C(O)Nc1sccc1-c1ccccc1. The normalized spacial score (nSPS) is 9.87. The maximum atomic E-state index is 10.5. The second-order valence-electron chi connectivity index (χ2n) is 2.96. The van der Waals surface area contributed by atoms with Gasteiger partial charge in [0.1, 0.15) is 5.00 Å². The summed E-state index contributed by atoms with van der Waals surface area (Å²) in [6.45, 7) is 0. The maximum absolute atomic E-state index is 10.5. The first-order valence-corrected chi connectivity index (χ1v) is 5.28. The zero-order valence-corrected chi connectivity index (χ0v) is 8.62. The van der Waals surface area contributed by atoms with Gasteiger partial charge in [-0.05, 0) is 17.0 Å². The molecule has 1 aromatic carbocycles. The Kier molecular flexibility index (Phi) is 2.69. The molecule has 2 aromatic rings. The van der Waals surface area contributed by atoms with Crippen molar-refractivity contribution in [3.63, 3.8) is 0 Å². The fraction of sp³-hybridized carbons (Fsp3) is 0. The van der Waals surface area contributed by atoms with Crippen LogP contribution in [0.2, 0.25) is 0 Å². The van der Waals surface area contributed by atoms with Crippen LogP contribution in [0.3, 0.4) is 0 Å². The van der Waals surface area contributed by atoms with E-state index in [0.29, 0.717) is 5.00 Å². The number of benzene rings is 1. The van der Waals surface area contributed by atoms with Gasteiger partial charge in [0.2, 0.25) is 0 Å². The number of thiophene rings is 1. The zero-order chi connectivity index (χ0) is 10.7. The lowest BCUT2D eigenvalue weighted by Crippen LogP contribution is -2.06. The third-order valence-corrected chi connectivity index (χ3v) is 2.80. The largest absolute Gasteiger partial charge is 0.465 e. The fourth-order valence-electron chi connectivity index (χ4n) is 1.35. The summed E-state index contributed by atoms with van der Waals surface area (Å²) in [5.74, 6) is 0. The van der Waals surface area contributed by atoms with Crippen molar-refractivity contribution in [3.05, 3.63) is 41.8 Å². The van der Waals surface area contributed by atoms with Gasteiger partial charge in [0, 0.05) is 5.56 Å². The van der Waals surface area contributed by atoms with Gasteiger partial charge < -0.3 is 5.11 Å². The molecule has 0 spiro atoms. The van der Waals surface area contributed by atoms with Crippen LogP contribution in [-0.2, 0) is 0 Å². The van der Waals surface area contributed by atoms with Gasteiger partial charge in [0.15, 0.2) is 0 Å². The van der Waals surface area contributed by atoms with Crippen molar-refractivity contribution in [2.45, 2.75) is 0 Å². The Balaban J connectivity index is 2.37. The predicted octanol–water partition coefficient (Wildman–Crippen LogP) is 3.51. The first-order valence-electron chi connectivity index (χ1n) is 4.40. The lowest BCUT2D eigenvalue weighted by atomic mass is 10.1. The number of anilines is 1. The molecule has 0 aliphatic heterocycles. The molecule has 0 saturated heterocycles. The summed E-state index contributed by atoms with van der Waals surface area (Å²) in [6.07, 6.45) is -1.03. The van der Waals surface area contributed by atoms with Gasteiger partial charge in [0.25, 0.3) is 0 Å². The predicted molar refractivity (Wildman–Crippen MR) is 61.4 cm³/mol. The molecular weight excluding hydrogens is 210 g/mol. The third kappa shape index (κ3) is 2.16. The van der Waals surface area contributed by atoms with E-state index in [4.69, 9.17) is 5.11 Å². The van der Waals surface area contributed by atoms with Crippen molar-refractivity contribution in [1.29, 1.82) is 0 Å². The summed E-state index contributed by atoms with van der Waals surface area (Å²) in [7, 11) is 0. The Bertz CT molecular complexity index is 464. The minimum Gasteiger partial charge on any atom is -0.465 e. The van der Waals surface area contributed by atoms with Crippen LogP contribution < -0.4 is 5.32 Å². The van der Waals surface area contributed by atoms with Crippen molar-refractivity contribution in [1.82, 2.24) is 0 Å². The van der Waals surface area contributed by atoms with E-state index in [1.165, 1.54) is 11.3 Å². The summed E-state index contributed by atoms with van der Waals surface area (Å²) in [5, 5.41) is 13.6. The smallest absolute Gasteiger partial charge is 0.409 e. The lowest BCUT2D eigenvalue weighted by Gasteiger charge is -2.02. The summed E-state index contributed by atoms with van der Waals surface area (Å²) in [4.78, 5) is 10.5. The van der Waals surface area contributed by atoms with Gasteiger partial charge in [-0.15, -0.1) is 11.3 Å². The van der Waals surface area contributed by atoms with Gasteiger partial charge in [0.05, 0.1) is 0 Å². The average Bonchev–Trinajstić information content (AvgIpc) is 2.66. The lowest BCUT2D eigenvalue weighted by molar-refractivity contribution is 0.210. The molecule has 1 heterocycles. The highest BCUT2D eigenvalue weighted by Crippen LogP contribution is 2.32. The summed E-state index contributed by atoms with van der Waals surface area (Å²) in [6, 6.07) is 11.6. The van der Waals surface area contributed by atoms with Crippen LogP contribution in [0.5, 0.6) is 0 Å². The molecule has 4 heteroatoms. The third-order valence-electron chi connectivity index (χ3n) is 1.97. The van der Waals surface area contributed by atoms with Crippen LogP contribution in [0.1, 0.15) is 0 Å². The van der Waals surface area contributed by atoms with E-state index in [1.807, 2.05) is 41.8 Å². The number of amides is 1. The molecule has 3 nitrogen and oxygen atoms in total. The minimum atomic E-state index is -1.03. The second-order valence-corrected chi connectivity index (χ2v) is 3.88. The van der Waals surface area contributed by atoms with Crippen LogP contribution in [0, 0.1) is 0 Å². The molecule has 15 heavy (non-hydrogen) atoms. The fourth-order valence-corrected chi connectivity index (χ4v) is 2.15. The summed E-state index contributed by atoms with van der Waals surface area (Å²) in [5.41, 5.74) is 1.94. The van der Waals surface area contributed by atoms with Crippen molar-refractivity contribution in [2.24, 2.45) is 0 Å². The second kappa shape index (κ2) is 4.14. The van der Waals surface area contributed by atoms with Crippen molar-refractivity contribution < 1.29 is 9.90 Å². The molecular formula is C11H9NO2S. The summed E-state index contributed by atoms with van der Waals surface area (Å²) < 4.78 is 0. The zero-order valence-electron chi connectivity index (χ0n) is 7.81. The monoisotopic (exact) mass is 219 g/mol. The van der Waals surface area contributed by atoms with Crippen molar-refractivity contribution in [3.8, 4) is 11.1 Å². The van der Waals surface area contributed by atoms with Crippen LogP contribution >= 0.6 is 11.3 Å². The van der Waals surface area contributed by atoms with Gasteiger partial charge in [-0.3, -0.25) is 5.32 Å². The number of rotatable bonds is 2. The quantitative estimate of drug-likeness (QED) is 0.812. The molecule has 1 amide bonds. The Morgan fingerprint density at radius 2 is 1.93 bits per heavy atom. The Labute approximate surface area is 91.0 Å². The Morgan fingerprint density at radius 3 is 2.60 bits per heavy atom. The first kappa shape index (κ1) is 9.73. The minimum absolute atomic E-state index is 0.661. The average molecular weight is 219 g/mol. The molecule has 76 valence electrons. The van der Waals surface area contributed by atoms with E-state index < -0.39 is 6.09 Å². The van der Waals surface area contributed by atoms with E-state index in [2.05, 4.69) is 5.32 Å². The molecule has 1 aromatic heterocycles. The van der Waals surface area contributed by atoms with Gasteiger partial charge in [-0.1, -0.05) is 30.3 Å². The topological polar surface area (TPSA) is 49.3 Å². The number of carboxylic acid groups (broad SMARTS) is 1. The highest BCUT2D eigenvalue weighted by Gasteiger charge is 2.08. The van der Waals surface area contributed by atoms with Gasteiger partial charge >= 0.3 is 6.09 Å². The van der Waals surface area contributed by atoms with Crippen LogP contribution in [0.4, 0.5) is 9.80 Å². The number of hydrogen-bond donors (Lipinski definition) is 2. The number of hydrogen-bond acceptors (Lipinski definition) is 2. The van der Waals surface area contributed by atoms with Crippen molar-refractivity contribution >= 4 is 22.4 Å². The Hall–Kier alpha value is -1.81. The van der Waals surface area contributed by atoms with E-state index in [1.54, 1.807) is 0 Å². The van der Waals surface area contributed by atoms with Crippen molar-refractivity contribution in [2.75, 3.05) is 5.32 Å². The first-order chi connectivity index (χ1) is 7.27. The van der Waals surface area contributed by atoms with Crippen LogP contribution in [-0.4, -0.2) is 11.2 Å². The molecule has 0 aliphatic carbocycles. The molecule has 2 N–H and O–H groups in total. The molecule has 0 fully saturated rings. The Morgan fingerprint density at radius 1 is 1.20 bits per heavy atom. The molecule has 0 atom stereocenters. The molecule has 2 rings (SSSR count). The van der Waals surface area contributed by atoms with E-state index in [-0.39, 0.29) is 0 Å².